The first-order chi connectivity index (χ1) is 8.50. The Labute approximate surface area is 112 Å². The molecule has 1 aromatic carbocycles. The summed E-state index contributed by atoms with van der Waals surface area (Å²) in [5.74, 6) is 0.418. The molecule has 0 unspecified atom stereocenters. The molecule has 96 valence electrons. The third-order valence-electron chi connectivity index (χ3n) is 3.01. The highest BCUT2D eigenvalue weighted by Crippen LogP contribution is 2.20. The maximum absolute atomic E-state index is 11.3. The largest absolute Gasteiger partial charge is 0.297 e. The predicted molar refractivity (Wildman–Crippen MR) is 70.1 cm³/mol. The van der Waals surface area contributed by atoms with Gasteiger partial charge in [-0.25, -0.2) is 8.42 Å². The van der Waals surface area contributed by atoms with Crippen molar-refractivity contribution in [2.24, 2.45) is 0 Å². The van der Waals surface area contributed by atoms with E-state index in [9.17, 15) is 8.42 Å². The molecule has 1 fully saturated rings. The van der Waals surface area contributed by atoms with Crippen molar-refractivity contribution >= 4 is 21.4 Å². The van der Waals surface area contributed by atoms with Gasteiger partial charge in [0.25, 0.3) is 0 Å². The lowest BCUT2D eigenvalue weighted by Crippen LogP contribution is -2.39. The minimum Gasteiger partial charge on any atom is -0.297 e. The number of nitrogens with zero attached hydrogens (tertiary/aromatic N) is 2. The minimum atomic E-state index is -2.85. The van der Waals surface area contributed by atoms with Gasteiger partial charge in [-0.15, -0.1) is 0 Å². The van der Waals surface area contributed by atoms with Crippen molar-refractivity contribution in [1.29, 1.82) is 5.26 Å². The van der Waals surface area contributed by atoms with Crippen molar-refractivity contribution in [2.75, 3.05) is 24.6 Å². The fourth-order valence-electron chi connectivity index (χ4n) is 1.89. The maximum atomic E-state index is 11.3. The molecular weight excluding hydrogens is 272 g/mol. The Morgan fingerprint density at radius 3 is 2.56 bits per heavy atom. The Morgan fingerprint density at radius 2 is 2.00 bits per heavy atom. The number of benzene rings is 1. The molecule has 0 bridgehead atoms. The summed E-state index contributed by atoms with van der Waals surface area (Å²) in [5, 5.41) is 9.30. The van der Waals surface area contributed by atoms with E-state index in [0.29, 0.717) is 30.2 Å². The number of sulfone groups is 1. The van der Waals surface area contributed by atoms with E-state index < -0.39 is 9.84 Å². The third-order valence-corrected chi connectivity index (χ3v) is 4.97. The zero-order valence-corrected chi connectivity index (χ0v) is 11.3. The number of halogens is 1. The molecule has 1 heterocycles. The normalized spacial score (nSPS) is 19.3. The Morgan fingerprint density at radius 1 is 1.33 bits per heavy atom. The number of hydrogen-bond acceptors (Lipinski definition) is 4. The molecule has 0 spiro atoms. The molecule has 0 atom stereocenters. The lowest BCUT2D eigenvalue weighted by Gasteiger charge is -2.26. The summed E-state index contributed by atoms with van der Waals surface area (Å²) in [5.41, 5.74) is 1.46. The van der Waals surface area contributed by atoms with Crippen LogP contribution in [0, 0.1) is 11.3 Å². The average Bonchev–Trinajstić information content (AvgIpc) is 2.34. The first-order valence-corrected chi connectivity index (χ1v) is 7.81. The molecule has 0 aliphatic carbocycles. The molecule has 0 saturated carbocycles. The highest BCUT2D eigenvalue weighted by atomic mass is 35.5. The van der Waals surface area contributed by atoms with Crippen molar-refractivity contribution in [3.05, 3.63) is 34.3 Å². The highest BCUT2D eigenvalue weighted by Gasteiger charge is 2.21. The standard InChI is InChI=1S/C12H13ClN2O2S/c13-12-7-10(8-14)1-2-11(12)9-15-3-5-18(16,17)6-4-15/h1-2,7H,3-6,9H2. The van der Waals surface area contributed by atoms with Gasteiger partial charge in [0.15, 0.2) is 9.84 Å². The third kappa shape index (κ3) is 3.22. The first-order valence-electron chi connectivity index (χ1n) is 5.61. The van der Waals surface area contributed by atoms with Gasteiger partial charge in [-0.3, -0.25) is 4.90 Å². The summed E-state index contributed by atoms with van der Waals surface area (Å²) < 4.78 is 22.6. The van der Waals surface area contributed by atoms with E-state index in [4.69, 9.17) is 16.9 Å². The van der Waals surface area contributed by atoms with Gasteiger partial charge in [0, 0.05) is 24.7 Å². The van der Waals surface area contributed by atoms with Gasteiger partial charge in [-0.1, -0.05) is 17.7 Å². The van der Waals surface area contributed by atoms with Crippen LogP contribution in [-0.2, 0) is 16.4 Å². The zero-order valence-electron chi connectivity index (χ0n) is 9.76. The molecule has 4 nitrogen and oxygen atoms in total. The van der Waals surface area contributed by atoms with Crippen LogP contribution in [0.2, 0.25) is 5.02 Å². The van der Waals surface area contributed by atoms with Crippen LogP contribution < -0.4 is 0 Å². The van der Waals surface area contributed by atoms with Crippen molar-refractivity contribution in [1.82, 2.24) is 4.90 Å². The van der Waals surface area contributed by atoms with Gasteiger partial charge >= 0.3 is 0 Å². The Kier molecular flexibility index (Phi) is 3.91. The average molecular weight is 285 g/mol. The SMILES string of the molecule is N#Cc1ccc(CN2CCS(=O)(=O)CC2)c(Cl)c1. The molecule has 0 aromatic heterocycles. The van der Waals surface area contributed by atoms with E-state index in [1.54, 1.807) is 12.1 Å². The van der Waals surface area contributed by atoms with Crippen LogP contribution >= 0.6 is 11.6 Å². The van der Waals surface area contributed by atoms with Crippen LogP contribution in [0.25, 0.3) is 0 Å². The fourth-order valence-corrected chi connectivity index (χ4v) is 3.41. The molecule has 0 radical (unpaired) electrons. The van der Waals surface area contributed by atoms with Crippen molar-refractivity contribution in [3.63, 3.8) is 0 Å². The van der Waals surface area contributed by atoms with Crippen LogP contribution in [0.5, 0.6) is 0 Å². The quantitative estimate of drug-likeness (QED) is 0.824. The van der Waals surface area contributed by atoms with E-state index in [-0.39, 0.29) is 11.5 Å². The van der Waals surface area contributed by atoms with Gasteiger partial charge in [-0.2, -0.15) is 5.26 Å². The lowest BCUT2D eigenvalue weighted by atomic mass is 10.1. The lowest BCUT2D eigenvalue weighted by molar-refractivity contribution is 0.288. The van der Waals surface area contributed by atoms with Gasteiger partial charge in [0.2, 0.25) is 0 Å². The van der Waals surface area contributed by atoms with Gasteiger partial charge < -0.3 is 0 Å². The van der Waals surface area contributed by atoms with Crippen LogP contribution in [0.1, 0.15) is 11.1 Å². The monoisotopic (exact) mass is 284 g/mol. The molecule has 1 aromatic rings. The summed E-state index contributed by atoms with van der Waals surface area (Å²) in [4.78, 5) is 2.06. The second kappa shape index (κ2) is 5.27. The molecule has 1 saturated heterocycles. The molecule has 6 heteroatoms. The van der Waals surface area contributed by atoms with Crippen LogP contribution in [-0.4, -0.2) is 37.9 Å². The Hall–Kier alpha value is -1.09. The molecule has 0 amide bonds. The Bertz CT molecular complexity index is 579. The van der Waals surface area contributed by atoms with Gasteiger partial charge in [0.05, 0.1) is 23.1 Å². The van der Waals surface area contributed by atoms with Crippen LogP contribution in [0.3, 0.4) is 0 Å². The summed E-state index contributed by atoms with van der Waals surface area (Å²) in [6, 6.07) is 7.22. The first kappa shape index (κ1) is 13.3. The smallest absolute Gasteiger partial charge is 0.152 e. The molecule has 18 heavy (non-hydrogen) atoms. The van der Waals surface area contributed by atoms with Crippen LogP contribution in [0.15, 0.2) is 18.2 Å². The van der Waals surface area contributed by atoms with Crippen molar-refractivity contribution < 1.29 is 8.42 Å². The van der Waals surface area contributed by atoms with Crippen molar-refractivity contribution in [3.8, 4) is 6.07 Å². The van der Waals surface area contributed by atoms with E-state index in [2.05, 4.69) is 4.90 Å². The molecule has 2 rings (SSSR count). The van der Waals surface area contributed by atoms with Gasteiger partial charge in [0.1, 0.15) is 0 Å². The number of hydrogen-bond donors (Lipinski definition) is 0. The number of nitriles is 1. The molecular formula is C12H13ClN2O2S. The van der Waals surface area contributed by atoms with Crippen molar-refractivity contribution in [2.45, 2.75) is 6.54 Å². The van der Waals surface area contributed by atoms with E-state index in [0.717, 1.165) is 5.56 Å². The van der Waals surface area contributed by atoms with E-state index in [1.807, 2.05) is 12.1 Å². The second-order valence-corrected chi connectivity index (χ2v) is 7.06. The second-order valence-electron chi connectivity index (χ2n) is 4.35. The highest BCUT2D eigenvalue weighted by molar-refractivity contribution is 7.91. The molecule has 0 N–H and O–H groups in total. The predicted octanol–water partition coefficient (Wildman–Crippen LogP) is 1.44. The summed E-state index contributed by atoms with van der Waals surface area (Å²) in [6.07, 6.45) is 0. The fraction of sp³-hybridized carbons (Fsp3) is 0.417. The summed E-state index contributed by atoms with van der Waals surface area (Å²) >= 11 is 6.09. The zero-order chi connectivity index (χ0) is 13.2. The summed E-state index contributed by atoms with van der Waals surface area (Å²) in [7, 11) is -2.85. The molecule has 1 aliphatic heterocycles. The number of rotatable bonds is 2. The van der Waals surface area contributed by atoms with E-state index in [1.165, 1.54) is 0 Å². The minimum absolute atomic E-state index is 0.209. The summed E-state index contributed by atoms with van der Waals surface area (Å²) in [6.45, 7) is 1.71. The maximum Gasteiger partial charge on any atom is 0.152 e. The van der Waals surface area contributed by atoms with E-state index >= 15 is 0 Å². The van der Waals surface area contributed by atoms with Gasteiger partial charge in [-0.05, 0) is 17.7 Å². The molecule has 1 aliphatic rings. The topological polar surface area (TPSA) is 61.2 Å². The Balaban J connectivity index is 2.05. The van der Waals surface area contributed by atoms with Crippen LogP contribution in [0.4, 0.5) is 0 Å².